The summed E-state index contributed by atoms with van der Waals surface area (Å²) < 4.78 is 0. The maximum atomic E-state index is 13.1. The second-order valence-electron chi connectivity index (χ2n) is 7.98. The van der Waals surface area contributed by atoms with Crippen molar-refractivity contribution < 1.29 is 34.5 Å². The molecule has 12 heteroatoms. The molecule has 1 aromatic rings. The maximum absolute atomic E-state index is 13.1. The number of nitrogens with zero attached hydrogens (tertiary/aromatic N) is 1. The molecule has 11 nitrogen and oxygen atoms in total. The molecule has 182 valence electrons. The molecule has 2 rings (SSSR count). The molecule has 0 aliphatic carbocycles. The highest BCUT2D eigenvalue weighted by Crippen LogP contribution is 2.20. The number of carbonyl (C=O) groups is 4. The SMILES string of the molecule is CC(O)C(NC(=O)C(N)Cc1ccc(O)cc1)C(=O)N1CCCC1C(=O)NC(CS)C(=O)O. The number of aliphatic carboxylic acids is 1. The summed E-state index contributed by atoms with van der Waals surface area (Å²) in [6.07, 6.45) is -0.307. The lowest BCUT2D eigenvalue weighted by molar-refractivity contribution is -0.145. The number of hydrogen-bond donors (Lipinski definition) is 7. The summed E-state index contributed by atoms with van der Waals surface area (Å²) >= 11 is 3.91. The van der Waals surface area contributed by atoms with Crippen LogP contribution < -0.4 is 16.4 Å². The van der Waals surface area contributed by atoms with Crippen molar-refractivity contribution in [3.8, 4) is 5.75 Å². The fourth-order valence-corrected chi connectivity index (χ4v) is 3.81. The van der Waals surface area contributed by atoms with Gasteiger partial charge in [-0.2, -0.15) is 12.6 Å². The first-order valence-corrected chi connectivity index (χ1v) is 11.1. The van der Waals surface area contributed by atoms with Crippen molar-refractivity contribution in [3.05, 3.63) is 29.8 Å². The summed E-state index contributed by atoms with van der Waals surface area (Å²) in [5.41, 5.74) is 6.65. The second-order valence-corrected chi connectivity index (χ2v) is 8.34. The van der Waals surface area contributed by atoms with E-state index in [0.29, 0.717) is 18.4 Å². The second kappa shape index (κ2) is 11.9. The van der Waals surface area contributed by atoms with Gasteiger partial charge in [-0.15, -0.1) is 0 Å². The molecular weight excluding hydrogens is 452 g/mol. The molecule has 3 amide bonds. The van der Waals surface area contributed by atoms with Gasteiger partial charge in [0, 0.05) is 12.3 Å². The van der Waals surface area contributed by atoms with Gasteiger partial charge in [-0.05, 0) is 43.9 Å². The number of carboxylic acid groups (broad SMARTS) is 1. The van der Waals surface area contributed by atoms with Gasteiger partial charge in [0.2, 0.25) is 17.7 Å². The predicted molar refractivity (Wildman–Crippen MR) is 122 cm³/mol. The van der Waals surface area contributed by atoms with E-state index in [2.05, 4.69) is 23.3 Å². The molecule has 0 aromatic heterocycles. The largest absolute Gasteiger partial charge is 0.508 e. The molecule has 0 radical (unpaired) electrons. The van der Waals surface area contributed by atoms with Crippen LogP contribution >= 0.6 is 12.6 Å². The highest BCUT2D eigenvalue weighted by atomic mass is 32.1. The van der Waals surface area contributed by atoms with Gasteiger partial charge in [0.05, 0.1) is 12.1 Å². The highest BCUT2D eigenvalue weighted by molar-refractivity contribution is 7.80. The topological polar surface area (TPSA) is 182 Å². The minimum Gasteiger partial charge on any atom is -0.508 e. The zero-order valence-corrected chi connectivity index (χ0v) is 19.1. The van der Waals surface area contributed by atoms with Crippen LogP contribution in [0.2, 0.25) is 0 Å². The minimum absolute atomic E-state index is 0.0739. The van der Waals surface area contributed by atoms with E-state index < -0.39 is 54.0 Å². The number of carboxylic acids is 1. The number of aliphatic hydroxyl groups excluding tert-OH is 1. The number of amides is 3. The Morgan fingerprint density at radius 1 is 1.21 bits per heavy atom. The molecule has 1 aliphatic heterocycles. The molecule has 0 saturated carbocycles. The average molecular weight is 483 g/mol. The zero-order chi connectivity index (χ0) is 24.7. The Morgan fingerprint density at radius 3 is 2.39 bits per heavy atom. The molecule has 1 aromatic carbocycles. The van der Waals surface area contributed by atoms with E-state index in [1.807, 2.05) is 0 Å². The Morgan fingerprint density at radius 2 is 1.85 bits per heavy atom. The number of rotatable bonds is 10. The summed E-state index contributed by atoms with van der Waals surface area (Å²) in [6, 6.07) is 1.66. The number of aromatic hydroxyl groups is 1. The number of phenolic OH excluding ortho intramolecular Hbond substituents is 1. The quantitative estimate of drug-likeness (QED) is 0.199. The minimum atomic E-state index is -1.34. The van der Waals surface area contributed by atoms with Crippen molar-refractivity contribution in [3.63, 3.8) is 0 Å². The Hall–Kier alpha value is -2.83. The van der Waals surface area contributed by atoms with E-state index in [9.17, 15) is 29.4 Å². The molecule has 1 fully saturated rings. The third-order valence-electron chi connectivity index (χ3n) is 5.41. The Kier molecular flexibility index (Phi) is 9.50. The van der Waals surface area contributed by atoms with Crippen LogP contribution in [0.15, 0.2) is 24.3 Å². The normalized spacial score (nSPS) is 19.3. The Bertz CT molecular complexity index is 865. The lowest BCUT2D eigenvalue weighted by atomic mass is 10.0. The van der Waals surface area contributed by atoms with Gasteiger partial charge in [-0.1, -0.05) is 12.1 Å². The third-order valence-corrected chi connectivity index (χ3v) is 5.78. The number of likely N-dealkylation sites (tertiary alicyclic amines) is 1. The Balaban J connectivity index is 2.06. The van der Waals surface area contributed by atoms with Gasteiger partial charge in [0.1, 0.15) is 23.9 Å². The number of carbonyl (C=O) groups excluding carboxylic acids is 3. The van der Waals surface area contributed by atoms with Gasteiger partial charge in [0.15, 0.2) is 0 Å². The van der Waals surface area contributed by atoms with E-state index in [1.54, 1.807) is 12.1 Å². The highest BCUT2D eigenvalue weighted by Gasteiger charge is 2.40. The molecule has 5 unspecified atom stereocenters. The van der Waals surface area contributed by atoms with Crippen LogP contribution in [0, 0.1) is 0 Å². The van der Waals surface area contributed by atoms with Crippen LogP contribution in [0.3, 0.4) is 0 Å². The lowest BCUT2D eigenvalue weighted by Gasteiger charge is -2.31. The molecule has 7 N–H and O–H groups in total. The summed E-state index contributed by atoms with van der Waals surface area (Å²) in [5.74, 6) is -3.25. The first-order valence-electron chi connectivity index (χ1n) is 10.5. The van der Waals surface area contributed by atoms with Gasteiger partial charge < -0.3 is 36.6 Å². The summed E-state index contributed by atoms with van der Waals surface area (Å²) in [7, 11) is 0. The molecule has 33 heavy (non-hydrogen) atoms. The average Bonchev–Trinajstić information content (AvgIpc) is 3.26. The van der Waals surface area contributed by atoms with Crippen molar-refractivity contribution in [2.45, 2.75) is 56.5 Å². The third kappa shape index (κ3) is 7.07. The van der Waals surface area contributed by atoms with Crippen LogP contribution in [0.5, 0.6) is 5.75 Å². The molecule has 1 aliphatic rings. The Labute approximate surface area is 196 Å². The van der Waals surface area contributed by atoms with Crippen LogP contribution in [0.4, 0.5) is 0 Å². The molecular formula is C21H30N4O7S. The molecule has 1 heterocycles. The zero-order valence-electron chi connectivity index (χ0n) is 18.2. The number of hydrogen-bond acceptors (Lipinski definition) is 8. The van der Waals surface area contributed by atoms with Crippen LogP contribution in [0.25, 0.3) is 0 Å². The molecule has 0 bridgehead atoms. The lowest BCUT2D eigenvalue weighted by Crippen LogP contribution is -2.59. The van der Waals surface area contributed by atoms with Crippen molar-refractivity contribution >= 4 is 36.3 Å². The number of phenols is 1. The molecule has 5 atom stereocenters. The van der Waals surface area contributed by atoms with Crippen LogP contribution in [-0.4, -0.2) is 86.5 Å². The predicted octanol–water partition coefficient (Wildman–Crippen LogP) is -1.38. The van der Waals surface area contributed by atoms with Crippen molar-refractivity contribution in [1.29, 1.82) is 0 Å². The number of nitrogens with two attached hydrogens (primary N) is 1. The van der Waals surface area contributed by atoms with Crippen LogP contribution in [0.1, 0.15) is 25.3 Å². The summed E-state index contributed by atoms with van der Waals surface area (Å²) in [5, 5.41) is 33.4. The van der Waals surface area contributed by atoms with Crippen LogP contribution in [-0.2, 0) is 25.6 Å². The van der Waals surface area contributed by atoms with Crippen molar-refractivity contribution in [2.75, 3.05) is 12.3 Å². The smallest absolute Gasteiger partial charge is 0.327 e. The van der Waals surface area contributed by atoms with E-state index in [0.717, 1.165) is 0 Å². The fraction of sp³-hybridized carbons (Fsp3) is 0.524. The van der Waals surface area contributed by atoms with E-state index in [-0.39, 0.29) is 24.5 Å². The van der Waals surface area contributed by atoms with Crippen molar-refractivity contribution in [1.82, 2.24) is 15.5 Å². The molecule has 0 spiro atoms. The fourth-order valence-electron chi connectivity index (χ4n) is 3.56. The van der Waals surface area contributed by atoms with Crippen molar-refractivity contribution in [2.24, 2.45) is 5.73 Å². The first-order chi connectivity index (χ1) is 15.5. The van der Waals surface area contributed by atoms with Gasteiger partial charge in [-0.25, -0.2) is 4.79 Å². The van der Waals surface area contributed by atoms with Gasteiger partial charge in [0.25, 0.3) is 0 Å². The van der Waals surface area contributed by atoms with E-state index >= 15 is 0 Å². The van der Waals surface area contributed by atoms with Gasteiger partial charge >= 0.3 is 5.97 Å². The first kappa shape index (κ1) is 26.4. The number of thiol groups is 1. The summed E-state index contributed by atoms with van der Waals surface area (Å²) in [4.78, 5) is 50.7. The maximum Gasteiger partial charge on any atom is 0.327 e. The summed E-state index contributed by atoms with van der Waals surface area (Å²) in [6.45, 7) is 1.55. The molecule has 1 saturated heterocycles. The number of nitrogens with one attached hydrogen (secondary N) is 2. The van der Waals surface area contributed by atoms with E-state index in [4.69, 9.17) is 10.8 Å². The monoisotopic (exact) mass is 482 g/mol. The number of benzene rings is 1. The van der Waals surface area contributed by atoms with Gasteiger partial charge in [-0.3, -0.25) is 14.4 Å². The standard InChI is InChI=1S/C21H30N4O7S/c1-11(26)17(24-18(28)14(22)9-12-4-6-13(27)7-5-12)20(30)25-8-2-3-16(25)19(29)23-15(10-33)21(31)32/h4-7,11,14-17,26-27,33H,2-3,8-10,22H2,1H3,(H,23,29)(H,24,28)(H,31,32). The van der Waals surface area contributed by atoms with E-state index in [1.165, 1.54) is 24.0 Å². The number of aliphatic hydroxyl groups is 1.